The molecule has 0 bridgehead atoms. The Balaban J connectivity index is 1.53. The molecule has 6 nitrogen and oxygen atoms in total. The average Bonchev–Trinajstić information content (AvgIpc) is 2.80. The van der Waals surface area contributed by atoms with Gasteiger partial charge < -0.3 is 0 Å². The van der Waals surface area contributed by atoms with E-state index < -0.39 is 18.0 Å². The SMILES string of the molecule is CC(C)(C)c1ccc(C(=O)OO[C]2CC[CH]CC2OOC(=O)c2ccc(C(C)(C)C)cc2)cc1. The lowest BCUT2D eigenvalue weighted by Crippen LogP contribution is -2.30. The number of rotatable bonds is 6. The number of carbonyl (C=O) groups excluding carboxylic acids is 2. The highest BCUT2D eigenvalue weighted by Crippen LogP contribution is 2.30. The fraction of sp³-hybridized carbons (Fsp3) is 0.429. The van der Waals surface area contributed by atoms with Crippen molar-refractivity contribution in [1.29, 1.82) is 0 Å². The molecule has 3 rings (SSSR count). The predicted octanol–water partition coefficient (Wildman–Crippen LogP) is 6.45. The summed E-state index contributed by atoms with van der Waals surface area (Å²) in [5.74, 6) is -1.20. The van der Waals surface area contributed by atoms with Crippen LogP contribution in [0.4, 0.5) is 0 Å². The minimum absolute atomic E-state index is 0.00979. The Bertz CT molecular complexity index is 882. The van der Waals surface area contributed by atoms with Crippen molar-refractivity contribution < 1.29 is 29.1 Å². The first-order valence-electron chi connectivity index (χ1n) is 11.6. The van der Waals surface area contributed by atoms with Gasteiger partial charge in [0.1, 0.15) is 6.10 Å². The van der Waals surface area contributed by atoms with Gasteiger partial charge in [-0.3, -0.25) is 9.78 Å². The molecule has 1 aliphatic rings. The maximum absolute atomic E-state index is 12.4. The van der Waals surface area contributed by atoms with Crippen LogP contribution in [0.1, 0.15) is 92.6 Å². The second-order valence-corrected chi connectivity index (χ2v) is 10.6. The lowest BCUT2D eigenvalue weighted by Gasteiger charge is -2.26. The maximum atomic E-state index is 12.4. The minimum atomic E-state index is -0.650. The summed E-state index contributed by atoms with van der Waals surface area (Å²) < 4.78 is 0. The summed E-state index contributed by atoms with van der Waals surface area (Å²) in [6.45, 7) is 12.6. The second-order valence-electron chi connectivity index (χ2n) is 10.6. The molecular formula is C28H34O6. The van der Waals surface area contributed by atoms with Gasteiger partial charge in [0.2, 0.25) is 0 Å². The second kappa shape index (κ2) is 10.7. The minimum Gasteiger partial charge on any atom is -0.292 e. The summed E-state index contributed by atoms with van der Waals surface area (Å²) in [7, 11) is 0. The fourth-order valence-corrected chi connectivity index (χ4v) is 3.50. The number of hydrogen-bond acceptors (Lipinski definition) is 6. The maximum Gasteiger partial charge on any atom is 0.373 e. The predicted molar refractivity (Wildman–Crippen MR) is 128 cm³/mol. The van der Waals surface area contributed by atoms with Crippen LogP contribution >= 0.6 is 0 Å². The van der Waals surface area contributed by atoms with Crippen LogP contribution in [0, 0.1) is 12.5 Å². The quantitative estimate of drug-likeness (QED) is 0.360. The van der Waals surface area contributed by atoms with E-state index in [1.54, 1.807) is 24.3 Å². The summed E-state index contributed by atoms with van der Waals surface area (Å²) >= 11 is 0. The van der Waals surface area contributed by atoms with Crippen molar-refractivity contribution >= 4 is 11.9 Å². The first-order valence-corrected chi connectivity index (χ1v) is 11.6. The van der Waals surface area contributed by atoms with Crippen LogP contribution < -0.4 is 0 Å². The molecule has 2 radical (unpaired) electrons. The molecule has 182 valence electrons. The molecular weight excluding hydrogens is 432 g/mol. The first-order chi connectivity index (χ1) is 15.9. The summed E-state index contributed by atoms with van der Waals surface area (Å²) in [4.78, 5) is 45.6. The van der Waals surface area contributed by atoms with Gasteiger partial charge in [-0.1, -0.05) is 65.8 Å². The molecule has 0 saturated heterocycles. The van der Waals surface area contributed by atoms with E-state index in [0.717, 1.165) is 17.5 Å². The van der Waals surface area contributed by atoms with Crippen LogP contribution in [0.3, 0.4) is 0 Å². The molecule has 6 heteroatoms. The highest BCUT2D eigenvalue weighted by atomic mass is 17.2. The van der Waals surface area contributed by atoms with Crippen molar-refractivity contribution in [3.8, 4) is 0 Å². The Kier molecular flexibility index (Phi) is 8.16. The largest absolute Gasteiger partial charge is 0.373 e. The average molecular weight is 467 g/mol. The van der Waals surface area contributed by atoms with Gasteiger partial charge in [0.05, 0.1) is 11.1 Å². The Labute approximate surface area is 202 Å². The molecule has 0 aromatic heterocycles. The third-order valence-corrected chi connectivity index (χ3v) is 5.77. The van der Waals surface area contributed by atoms with Gasteiger partial charge in [-0.2, -0.15) is 9.78 Å². The van der Waals surface area contributed by atoms with Gasteiger partial charge in [-0.15, -0.1) is 0 Å². The van der Waals surface area contributed by atoms with E-state index in [1.165, 1.54) is 0 Å². The molecule has 0 heterocycles. The van der Waals surface area contributed by atoms with Crippen LogP contribution in [0.15, 0.2) is 48.5 Å². The molecule has 1 atom stereocenters. The Hall–Kier alpha value is -2.70. The van der Waals surface area contributed by atoms with E-state index in [-0.39, 0.29) is 10.8 Å². The van der Waals surface area contributed by atoms with Gasteiger partial charge in [0.25, 0.3) is 0 Å². The van der Waals surface area contributed by atoms with E-state index >= 15 is 0 Å². The van der Waals surface area contributed by atoms with Crippen molar-refractivity contribution in [3.63, 3.8) is 0 Å². The van der Waals surface area contributed by atoms with Gasteiger partial charge in [0.15, 0.2) is 6.10 Å². The summed E-state index contributed by atoms with van der Waals surface area (Å²) in [6, 6.07) is 14.5. The Morgan fingerprint density at radius 2 is 1.21 bits per heavy atom. The van der Waals surface area contributed by atoms with E-state index in [0.29, 0.717) is 30.1 Å². The molecule has 0 aliphatic heterocycles. The van der Waals surface area contributed by atoms with Crippen LogP contribution in [-0.2, 0) is 30.4 Å². The fourth-order valence-electron chi connectivity index (χ4n) is 3.50. The van der Waals surface area contributed by atoms with E-state index in [4.69, 9.17) is 19.6 Å². The van der Waals surface area contributed by atoms with Crippen molar-refractivity contribution in [2.75, 3.05) is 0 Å². The van der Waals surface area contributed by atoms with Gasteiger partial charge >= 0.3 is 11.9 Å². The lowest BCUT2D eigenvalue weighted by molar-refractivity contribution is -0.317. The summed E-state index contributed by atoms with van der Waals surface area (Å²) in [6.07, 6.45) is 3.48. The van der Waals surface area contributed by atoms with Crippen molar-refractivity contribution in [2.24, 2.45) is 0 Å². The third kappa shape index (κ3) is 6.90. The topological polar surface area (TPSA) is 71.1 Å². The number of benzene rings is 2. The van der Waals surface area contributed by atoms with Crippen LogP contribution in [0.25, 0.3) is 0 Å². The monoisotopic (exact) mass is 466 g/mol. The zero-order chi connectivity index (χ0) is 24.9. The molecule has 34 heavy (non-hydrogen) atoms. The van der Waals surface area contributed by atoms with E-state index in [2.05, 4.69) is 41.5 Å². The first kappa shape index (κ1) is 25.9. The molecule has 2 aromatic rings. The molecule has 1 fully saturated rings. The molecule has 2 aromatic carbocycles. The Morgan fingerprint density at radius 3 is 1.68 bits per heavy atom. The van der Waals surface area contributed by atoms with E-state index in [1.807, 2.05) is 30.7 Å². The van der Waals surface area contributed by atoms with Crippen molar-refractivity contribution in [3.05, 3.63) is 83.3 Å². The van der Waals surface area contributed by atoms with Crippen molar-refractivity contribution in [2.45, 2.75) is 77.7 Å². The van der Waals surface area contributed by atoms with Crippen LogP contribution in [0.2, 0.25) is 0 Å². The third-order valence-electron chi connectivity index (χ3n) is 5.77. The molecule has 1 saturated carbocycles. The number of carbonyl (C=O) groups is 2. The van der Waals surface area contributed by atoms with Crippen LogP contribution in [-0.4, -0.2) is 18.0 Å². The standard InChI is InChI=1S/C28H34O6/c1-27(2,3)21-15-11-19(12-16-21)25(29)33-31-23-9-7-8-10-24(23)32-34-26(30)20-13-17-22(18-14-20)28(4,5)6/h7,11-18,23H,8-10H2,1-6H3. The molecule has 1 unspecified atom stereocenters. The highest BCUT2D eigenvalue weighted by Gasteiger charge is 2.33. The van der Waals surface area contributed by atoms with Crippen LogP contribution in [0.5, 0.6) is 0 Å². The zero-order valence-corrected chi connectivity index (χ0v) is 20.8. The molecule has 0 amide bonds. The summed E-state index contributed by atoms with van der Waals surface area (Å²) in [5, 5.41) is 0. The number of hydrogen-bond donors (Lipinski definition) is 0. The normalized spacial score (nSPS) is 17.3. The molecule has 0 N–H and O–H groups in total. The molecule has 0 spiro atoms. The lowest BCUT2D eigenvalue weighted by atomic mass is 9.87. The van der Waals surface area contributed by atoms with Crippen molar-refractivity contribution in [1.82, 2.24) is 0 Å². The molecule has 1 aliphatic carbocycles. The van der Waals surface area contributed by atoms with Gasteiger partial charge in [-0.05, 0) is 71.9 Å². The zero-order valence-electron chi connectivity index (χ0n) is 20.8. The van der Waals surface area contributed by atoms with Gasteiger partial charge in [0, 0.05) is 0 Å². The highest BCUT2D eigenvalue weighted by molar-refractivity contribution is 5.89. The smallest absolute Gasteiger partial charge is 0.292 e. The van der Waals surface area contributed by atoms with E-state index in [9.17, 15) is 9.59 Å². The van der Waals surface area contributed by atoms with Gasteiger partial charge in [-0.25, -0.2) is 9.59 Å². The summed E-state index contributed by atoms with van der Waals surface area (Å²) in [5.41, 5.74) is 2.99. The Morgan fingerprint density at radius 1 is 0.735 bits per heavy atom.